The van der Waals surface area contributed by atoms with Gasteiger partial charge in [-0.1, -0.05) is 18.2 Å². The third kappa shape index (κ3) is 1.08. The minimum atomic E-state index is 0.481. The van der Waals surface area contributed by atoms with Crippen molar-refractivity contribution < 1.29 is 0 Å². The maximum Gasteiger partial charge on any atom is 0.104 e. The van der Waals surface area contributed by atoms with Crippen molar-refractivity contribution in [2.24, 2.45) is 16.6 Å². The van der Waals surface area contributed by atoms with Crippen LogP contribution in [0.4, 0.5) is 5.69 Å². The molecule has 2 atom stereocenters. The molecule has 1 fully saturated rings. The number of thioether (sulfide) groups is 1. The predicted octanol–water partition coefficient (Wildman–Crippen LogP) is 2.14. The quantitative estimate of drug-likeness (QED) is 0.703. The minimum Gasteiger partial charge on any atom is -0.387 e. The Labute approximate surface area is 87.6 Å². The number of aliphatic imine (C=N–C) groups is 1. The van der Waals surface area contributed by atoms with Crippen LogP contribution in [0.25, 0.3) is 0 Å². The van der Waals surface area contributed by atoms with Crippen molar-refractivity contribution in [1.29, 1.82) is 0 Å². The van der Waals surface area contributed by atoms with Gasteiger partial charge in [-0.15, -0.1) is 0 Å². The van der Waals surface area contributed by atoms with Crippen molar-refractivity contribution in [2.45, 2.75) is 5.92 Å². The summed E-state index contributed by atoms with van der Waals surface area (Å²) >= 11 is 1.99. The Morgan fingerprint density at radius 1 is 1.21 bits per heavy atom. The molecule has 1 aromatic rings. The number of nitrogens with zero attached hydrogens (tertiary/aromatic N) is 1. The van der Waals surface area contributed by atoms with Gasteiger partial charge in [-0.05, 0) is 11.6 Å². The summed E-state index contributed by atoms with van der Waals surface area (Å²) in [4.78, 5) is 4.47. The van der Waals surface area contributed by atoms with Crippen LogP contribution in [-0.4, -0.2) is 17.3 Å². The lowest BCUT2D eigenvalue weighted by Crippen LogP contribution is -2.30. The molecule has 1 aromatic carbocycles. The Morgan fingerprint density at radius 2 is 2.00 bits per heavy atom. The lowest BCUT2D eigenvalue weighted by atomic mass is 9.85. The predicted molar refractivity (Wildman–Crippen MR) is 61.3 cm³/mol. The molecule has 2 heterocycles. The number of nitrogens with two attached hydrogens (primary N) is 1. The second-order valence-electron chi connectivity index (χ2n) is 3.85. The van der Waals surface area contributed by atoms with Crippen LogP contribution in [0.5, 0.6) is 0 Å². The van der Waals surface area contributed by atoms with Crippen LogP contribution in [0.3, 0.4) is 0 Å². The van der Waals surface area contributed by atoms with E-state index in [4.69, 9.17) is 5.73 Å². The fourth-order valence-electron chi connectivity index (χ4n) is 2.28. The molecular weight excluding hydrogens is 192 g/mol. The Morgan fingerprint density at radius 3 is 2.93 bits per heavy atom. The molecule has 3 heteroatoms. The third-order valence-corrected chi connectivity index (χ3v) is 4.24. The molecule has 0 aromatic heterocycles. The molecule has 0 aliphatic carbocycles. The summed E-state index contributed by atoms with van der Waals surface area (Å²) in [5, 5.41) is 0. The van der Waals surface area contributed by atoms with E-state index < -0.39 is 0 Å². The zero-order chi connectivity index (χ0) is 9.54. The lowest BCUT2D eigenvalue weighted by Gasteiger charge is -2.24. The summed E-state index contributed by atoms with van der Waals surface area (Å²) in [6.45, 7) is 0. The van der Waals surface area contributed by atoms with E-state index in [1.165, 1.54) is 11.3 Å². The van der Waals surface area contributed by atoms with E-state index in [0.717, 1.165) is 17.3 Å². The molecule has 2 nitrogen and oxygen atoms in total. The van der Waals surface area contributed by atoms with Crippen LogP contribution in [0.1, 0.15) is 11.5 Å². The highest BCUT2D eigenvalue weighted by Gasteiger charge is 2.35. The van der Waals surface area contributed by atoms with Crippen molar-refractivity contribution in [1.82, 2.24) is 0 Å². The largest absolute Gasteiger partial charge is 0.387 e. The number of hydrogen-bond donors (Lipinski definition) is 1. The normalized spacial score (nSPS) is 29.3. The summed E-state index contributed by atoms with van der Waals surface area (Å²) in [5.41, 5.74) is 8.43. The average Bonchev–Trinajstić information content (AvgIpc) is 2.67. The van der Waals surface area contributed by atoms with E-state index in [2.05, 4.69) is 23.2 Å². The highest BCUT2D eigenvalue weighted by Crippen LogP contribution is 2.44. The van der Waals surface area contributed by atoms with Gasteiger partial charge in [0.15, 0.2) is 0 Å². The first kappa shape index (κ1) is 8.36. The van der Waals surface area contributed by atoms with Gasteiger partial charge < -0.3 is 5.73 Å². The molecule has 3 rings (SSSR count). The highest BCUT2D eigenvalue weighted by atomic mass is 32.2. The number of rotatable bonds is 0. The second-order valence-corrected chi connectivity index (χ2v) is 4.92. The Balaban J connectivity index is 2.16. The SMILES string of the molecule is NC1=Nc2ccccc2C2CSCC12. The van der Waals surface area contributed by atoms with E-state index in [1.807, 2.05) is 17.8 Å². The van der Waals surface area contributed by atoms with Gasteiger partial charge in [-0.25, -0.2) is 4.99 Å². The zero-order valence-electron chi connectivity index (χ0n) is 7.81. The van der Waals surface area contributed by atoms with Crippen molar-refractivity contribution in [3.63, 3.8) is 0 Å². The highest BCUT2D eigenvalue weighted by molar-refractivity contribution is 7.99. The fraction of sp³-hybridized carbons (Fsp3) is 0.364. The number of para-hydroxylation sites is 1. The van der Waals surface area contributed by atoms with Gasteiger partial charge in [0, 0.05) is 23.3 Å². The number of amidine groups is 1. The Kier molecular flexibility index (Phi) is 1.80. The van der Waals surface area contributed by atoms with E-state index >= 15 is 0 Å². The van der Waals surface area contributed by atoms with E-state index in [1.54, 1.807) is 0 Å². The summed E-state index contributed by atoms with van der Waals surface area (Å²) in [7, 11) is 0. The summed E-state index contributed by atoms with van der Waals surface area (Å²) in [6, 6.07) is 8.37. The number of fused-ring (bicyclic) bond motifs is 3. The van der Waals surface area contributed by atoms with Crippen molar-refractivity contribution in [3.05, 3.63) is 29.8 Å². The molecule has 14 heavy (non-hydrogen) atoms. The molecule has 0 amide bonds. The fourth-order valence-corrected chi connectivity index (χ4v) is 3.74. The lowest BCUT2D eigenvalue weighted by molar-refractivity contribution is 0.653. The molecule has 1 saturated heterocycles. The standard InChI is InChI=1S/C11H12N2S/c12-11-9-6-14-5-8(9)7-3-1-2-4-10(7)13-11/h1-4,8-9H,5-6H2,(H2,12,13). The van der Waals surface area contributed by atoms with Gasteiger partial charge in [-0.3, -0.25) is 0 Å². The van der Waals surface area contributed by atoms with Crippen molar-refractivity contribution in [2.75, 3.05) is 11.5 Å². The van der Waals surface area contributed by atoms with Crippen molar-refractivity contribution in [3.8, 4) is 0 Å². The first-order valence-corrected chi connectivity index (χ1v) is 6.02. The molecule has 2 N–H and O–H groups in total. The first-order chi connectivity index (χ1) is 6.86. The molecule has 0 radical (unpaired) electrons. The van der Waals surface area contributed by atoms with Crippen LogP contribution >= 0.6 is 11.8 Å². The van der Waals surface area contributed by atoms with Gasteiger partial charge in [0.25, 0.3) is 0 Å². The van der Waals surface area contributed by atoms with Crippen LogP contribution in [0, 0.1) is 5.92 Å². The first-order valence-electron chi connectivity index (χ1n) is 4.87. The summed E-state index contributed by atoms with van der Waals surface area (Å²) in [6.07, 6.45) is 0. The number of benzene rings is 1. The van der Waals surface area contributed by atoms with Gasteiger partial charge in [-0.2, -0.15) is 11.8 Å². The van der Waals surface area contributed by atoms with Crippen LogP contribution in [-0.2, 0) is 0 Å². The summed E-state index contributed by atoms with van der Waals surface area (Å²) in [5.74, 6) is 4.24. The van der Waals surface area contributed by atoms with E-state index in [-0.39, 0.29) is 0 Å². The Bertz CT molecular complexity index is 400. The molecule has 2 aliphatic rings. The molecule has 0 spiro atoms. The molecule has 2 aliphatic heterocycles. The van der Waals surface area contributed by atoms with Gasteiger partial charge in [0.2, 0.25) is 0 Å². The molecule has 72 valence electrons. The monoisotopic (exact) mass is 204 g/mol. The van der Waals surface area contributed by atoms with Crippen molar-refractivity contribution >= 4 is 23.3 Å². The second kappa shape index (κ2) is 3.02. The molecular formula is C11H12N2S. The van der Waals surface area contributed by atoms with Gasteiger partial charge >= 0.3 is 0 Å². The van der Waals surface area contributed by atoms with Gasteiger partial charge in [0.1, 0.15) is 5.84 Å². The Hall–Kier alpha value is -0.960. The molecule has 2 unspecified atom stereocenters. The minimum absolute atomic E-state index is 0.481. The van der Waals surface area contributed by atoms with Crippen LogP contribution in [0.2, 0.25) is 0 Å². The molecule has 0 bridgehead atoms. The van der Waals surface area contributed by atoms with Crippen LogP contribution < -0.4 is 5.73 Å². The number of hydrogen-bond acceptors (Lipinski definition) is 3. The van der Waals surface area contributed by atoms with E-state index in [0.29, 0.717) is 11.8 Å². The van der Waals surface area contributed by atoms with E-state index in [9.17, 15) is 0 Å². The maximum atomic E-state index is 5.97. The topological polar surface area (TPSA) is 38.4 Å². The smallest absolute Gasteiger partial charge is 0.104 e. The zero-order valence-corrected chi connectivity index (χ0v) is 8.63. The van der Waals surface area contributed by atoms with Gasteiger partial charge in [0.05, 0.1) is 5.69 Å². The average molecular weight is 204 g/mol. The molecule has 0 saturated carbocycles. The maximum absolute atomic E-state index is 5.97. The van der Waals surface area contributed by atoms with Crippen LogP contribution in [0.15, 0.2) is 29.3 Å². The summed E-state index contributed by atoms with van der Waals surface area (Å²) < 4.78 is 0. The third-order valence-electron chi connectivity index (χ3n) is 3.05.